The molecule has 142 valence electrons. The third-order valence-corrected chi connectivity index (χ3v) is 3.67. The van der Waals surface area contributed by atoms with Crippen LogP contribution in [0.15, 0.2) is 54.6 Å². The Morgan fingerprint density at radius 2 is 1.70 bits per heavy atom. The van der Waals surface area contributed by atoms with Gasteiger partial charge in [-0.15, -0.1) is 0 Å². The summed E-state index contributed by atoms with van der Waals surface area (Å²) in [5, 5.41) is 4.64. The summed E-state index contributed by atoms with van der Waals surface area (Å²) < 4.78 is 18.7. The minimum Gasteiger partial charge on any atom is -0.445 e. The van der Waals surface area contributed by atoms with Gasteiger partial charge in [0.15, 0.2) is 0 Å². The van der Waals surface area contributed by atoms with Crippen LogP contribution >= 0.6 is 0 Å². The summed E-state index contributed by atoms with van der Waals surface area (Å²) in [5.41, 5.74) is 6.31. The molecular formula is C19H20FN3O4. The van der Waals surface area contributed by atoms with Crippen molar-refractivity contribution in [1.82, 2.24) is 10.6 Å². The first-order valence-corrected chi connectivity index (χ1v) is 8.22. The topological polar surface area (TPSA) is 111 Å². The molecule has 0 unspecified atom stereocenters. The molecule has 0 fully saturated rings. The number of hydrogen-bond acceptors (Lipinski definition) is 4. The van der Waals surface area contributed by atoms with E-state index in [1.165, 1.54) is 18.2 Å². The number of benzene rings is 2. The van der Waals surface area contributed by atoms with E-state index in [9.17, 15) is 18.8 Å². The van der Waals surface area contributed by atoms with Gasteiger partial charge < -0.3 is 21.1 Å². The molecule has 0 aliphatic heterocycles. The molecule has 0 saturated heterocycles. The molecule has 3 amide bonds. The predicted molar refractivity (Wildman–Crippen MR) is 95.9 cm³/mol. The van der Waals surface area contributed by atoms with Gasteiger partial charge in [0.25, 0.3) is 0 Å². The molecular weight excluding hydrogens is 353 g/mol. The summed E-state index contributed by atoms with van der Waals surface area (Å²) in [6.07, 6.45) is -0.870. The molecule has 0 radical (unpaired) electrons. The Balaban J connectivity index is 1.79. The second-order valence-corrected chi connectivity index (χ2v) is 5.73. The zero-order valence-corrected chi connectivity index (χ0v) is 14.5. The Morgan fingerprint density at radius 1 is 1.04 bits per heavy atom. The van der Waals surface area contributed by atoms with Crippen LogP contribution in [0, 0.1) is 5.82 Å². The van der Waals surface area contributed by atoms with E-state index < -0.39 is 36.3 Å². The largest absolute Gasteiger partial charge is 0.445 e. The highest BCUT2D eigenvalue weighted by molar-refractivity contribution is 5.88. The number of amides is 3. The van der Waals surface area contributed by atoms with E-state index in [-0.39, 0.29) is 18.6 Å². The summed E-state index contributed by atoms with van der Waals surface area (Å²) in [4.78, 5) is 35.1. The van der Waals surface area contributed by atoms with Crippen molar-refractivity contribution >= 4 is 17.9 Å². The lowest BCUT2D eigenvalue weighted by Gasteiger charge is -2.16. The van der Waals surface area contributed by atoms with Gasteiger partial charge in [0.2, 0.25) is 11.8 Å². The maximum atomic E-state index is 13.7. The Kier molecular flexibility index (Phi) is 7.30. The number of carbonyl (C=O) groups is 3. The quantitative estimate of drug-likeness (QED) is 0.647. The van der Waals surface area contributed by atoms with Gasteiger partial charge in [-0.1, -0.05) is 48.5 Å². The fourth-order valence-corrected chi connectivity index (χ4v) is 2.28. The maximum Gasteiger partial charge on any atom is 0.407 e. The number of nitrogens with one attached hydrogen (secondary N) is 2. The normalized spacial score (nSPS) is 11.3. The fraction of sp³-hybridized carbons (Fsp3) is 0.211. The average Bonchev–Trinajstić information content (AvgIpc) is 2.66. The van der Waals surface area contributed by atoms with Gasteiger partial charge in [0.05, 0.1) is 0 Å². The van der Waals surface area contributed by atoms with Gasteiger partial charge in [0, 0.05) is 6.42 Å². The highest BCUT2D eigenvalue weighted by Gasteiger charge is 2.20. The van der Waals surface area contributed by atoms with Crippen LogP contribution in [0.4, 0.5) is 9.18 Å². The Morgan fingerprint density at radius 3 is 2.37 bits per heavy atom. The lowest BCUT2D eigenvalue weighted by atomic mass is 10.0. The van der Waals surface area contributed by atoms with Gasteiger partial charge in [-0.3, -0.25) is 9.59 Å². The van der Waals surface area contributed by atoms with Crippen LogP contribution in [0.25, 0.3) is 0 Å². The number of primary amides is 1. The molecule has 4 N–H and O–H groups in total. The molecule has 0 spiro atoms. The zero-order valence-electron chi connectivity index (χ0n) is 14.5. The molecule has 0 aromatic heterocycles. The lowest BCUT2D eigenvalue weighted by Crippen LogP contribution is -2.49. The van der Waals surface area contributed by atoms with Crippen molar-refractivity contribution in [3.8, 4) is 0 Å². The summed E-state index contributed by atoms with van der Waals surface area (Å²) in [7, 11) is 0. The lowest BCUT2D eigenvalue weighted by molar-refractivity contribution is -0.126. The van der Waals surface area contributed by atoms with Crippen molar-refractivity contribution in [3.05, 3.63) is 71.5 Å². The summed E-state index contributed by atoms with van der Waals surface area (Å²) in [5.74, 6) is -1.95. The van der Waals surface area contributed by atoms with Crippen molar-refractivity contribution in [2.45, 2.75) is 19.1 Å². The van der Waals surface area contributed by atoms with Crippen molar-refractivity contribution in [3.63, 3.8) is 0 Å². The Bertz CT molecular complexity index is 799. The van der Waals surface area contributed by atoms with Gasteiger partial charge in [-0.25, -0.2) is 9.18 Å². The minimum atomic E-state index is -1.10. The summed E-state index contributed by atoms with van der Waals surface area (Å²) in [6.45, 7) is -0.347. The van der Waals surface area contributed by atoms with Crippen LogP contribution in [-0.4, -0.2) is 30.5 Å². The van der Waals surface area contributed by atoms with E-state index in [2.05, 4.69) is 10.6 Å². The van der Waals surface area contributed by atoms with Crippen molar-refractivity contribution < 1.29 is 23.5 Å². The monoisotopic (exact) mass is 373 g/mol. The van der Waals surface area contributed by atoms with E-state index in [4.69, 9.17) is 10.5 Å². The van der Waals surface area contributed by atoms with E-state index in [0.29, 0.717) is 0 Å². The second kappa shape index (κ2) is 9.91. The fourth-order valence-electron chi connectivity index (χ4n) is 2.28. The number of hydrogen-bond donors (Lipinski definition) is 3. The first-order valence-electron chi connectivity index (χ1n) is 8.22. The number of ether oxygens (including phenoxy) is 1. The molecule has 0 heterocycles. The van der Waals surface area contributed by atoms with Gasteiger partial charge in [-0.2, -0.15) is 0 Å². The number of rotatable bonds is 8. The third-order valence-electron chi connectivity index (χ3n) is 3.67. The smallest absolute Gasteiger partial charge is 0.407 e. The van der Waals surface area contributed by atoms with Crippen LogP contribution in [-0.2, 0) is 27.4 Å². The third kappa shape index (κ3) is 6.77. The molecule has 0 aliphatic rings. The first kappa shape index (κ1) is 19.9. The molecule has 0 aliphatic carbocycles. The number of carbonyl (C=O) groups excluding carboxylic acids is 3. The zero-order chi connectivity index (χ0) is 19.6. The standard InChI is InChI=1S/C19H20FN3O4/c20-15-9-5-4-8-14(15)10-16(18(21)25)23-17(24)11-22-19(26)27-12-13-6-2-1-3-7-13/h1-9,16H,10-12H2,(H2,21,25)(H,22,26)(H,23,24)/t16-/m1/s1. The second-order valence-electron chi connectivity index (χ2n) is 5.73. The molecule has 0 saturated carbocycles. The molecule has 27 heavy (non-hydrogen) atoms. The van der Waals surface area contributed by atoms with E-state index in [0.717, 1.165) is 5.56 Å². The van der Waals surface area contributed by atoms with Crippen molar-refractivity contribution in [2.24, 2.45) is 5.73 Å². The molecule has 7 nitrogen and oxygen atoms in total. The van der Waals surface area contributed by atoms with Crippen LogP contribution < -0.4 is 16.4 Å². The van der Waals surface area contributed by atoms with Crippen LogP contribution in [0.5, 0.6) is 0 Å². The molecule has 2 aromatic rings. The number of halogens is 1. The molecule has 2 aromatic carbocycles. The molecule has 1 atom stereocenters. The number of alkyl carbamates (subject to hydrolysis) is 1. The van der Waals surface area contributed by atoms with Gasteiger partial charge >= 0.3 is 6.09 Å². The first-order chi connectivity index (χ1) is 13.0. The molecule has 0 bridgehead atoms. The van der Waals surface area contributed by atoms with E-state index in [1.807, 2.05) is 18.2 Å². The summed E-state index contributed by atoms with van der Waals surface area (Å²) >= 11 is 0. The average molecular weight is 373 g/mol. The van der Waals surface area contributed by atoms with E-state index in [1.54, 1.807) is 18.2 Å². The van der Waals surface area contributed by atoms with Crippen LogP contribution in [0.3, 0.4) is 0 Å². The summed E-state index contributed by atoms with van der Waals surface area (Å²) in [6, 6.07) is 13.8. The Labute approximate surface area is 155 Å². The van der Waals surface area contributed by atoms with Crippen LogP contribution in [0.1, 0.15) is 11.1 Å². The Hall–Kier alpha value is -3.42. The SMILES string of the molecule is NC(=O)[C@@H](Cc1ccccc1F)NC(=O)CNC(=O)OCc1ccccc1. The van der Waals surface area contributed by atoms with Gasteiger partial charge in [0.1, 0.15) is 25.0 Å². The molecule has 2 rings (SSSR count). The highest BCUT2D eigenvalue weighted by Crippen LogP contribution is 2.09. The van der Waals surface area contributed by atoms with Crippen molar-refractivity contribution in [2.75, 3.05) is 6.54 Å². The minimum absolute atomic E-state index is 0.0610. The van der Waals surface area contributed by atoms with Crippen molar-refractivity contribution in [1.29, 1.82) is 0 Å². The van der Waals surface area contributed by atoms with Crippen LogP contribution in [0.2, 0.25) is 0 Å². The molecule has 8 heteroatoms. The van der Waals surface area contributed by atoms with Gasteiger partial charge in [-0.05, 0) is 17.2 Å². The number of nitrogens with two attached hydrogens (primary N) is 1. The highest BCUT2D eigenvalue weighted by atomic mass is 19.1. The van der Waals surface area contributed by atoms with E-state index >= 15 is 0 Å². The maximum absolute atomic E-state index is 13.7. The predicted octanol–water partition coefficient (Wildman–Crippen LogP) is 1.26.